The van der Waals surface area contributed by atoms with Crippen LogP contribution in [-0.4, -0.2) is 0 Å². The first-order chi connectivity index (χ1) is 10.3. The molecule has 0 atom stereocenters. The normalized spacial score (nSPS) is 11.1. The smallest absolute Gasteiger partial charge is 0.0148 e. The summed E-state index contributed by atoms with van der Waals surface area (Å²) in [6, 6.07) is 28.4. The summed E-state index contributed by atoms with van der Waals surface area (Å²) in [7, 11) is 0. The number of hydrogen-bond donors (Lipinski definition) is 0. The molecule has 0 aliphatic carbocycles. The molecule has 0 aliphatic heterocycles. The van der Waals surface area contributed by atoms with Crippen LogP contribution < -0.4 is 0 Å². The Morgan fingerprint density at radius 3 is 1.81 bits per heavy atom. The Morgan fingerprint density at radius 2 is 1.10 bits per heavy atom. The standard InChI is InChI=1S/C21H16/c1-15-12-17-7-4-5-9-19(17)14-21(15)20-11-10-16-6-2-3-8-18(16)13-20/h2-14H,1H3. The van der Waals surface area contributed by atoms with E-state index >= 15 is 0 Å². The van der Waals surface area contributed by atoms with Crippen LogP contribution in [0.15, 0.2) is 78.9 Å². The number of benzene rings is 4. The zero-order chi connectivity index (χ0) is 14.2. The fourth-order valence-corrected chi connectivity index (χ4v) is 3.02. The van der Waals surface area contributed by atoms with Gasteiger partial charge in [0.2, 0.25) is 0 Å². The summed E-state index contributed by atoms with van der Waals surface area (Å²) in [6.45, 7) is 2.19. The van der Waals surface area contributed by atoms with Crippen molar-refractivity contribution >= 4 is 21.5 Å². The highest BCUT2D eigenvalue weighted by atomic mass is 14.1. The van der Waals surface area contributed by atoms with Crippen molar-refractivity contribution in [2.45, 2.75) is 6.92 Å². The maximum atomic E-state index is 2.30. The van der Waals surface area contributed by atoms with E-state index in [1.54, 1.807) is 0 Å². The van der Waals surface area contributed by atoms with Crippen LogP contribution >= 0.6 is 0 Å². The molecule has 0 heterocycles. The lowest BCUT2D eigenvalue weighted by atomic mass is 9.95. The fourth-order valence-electron chi connectivity index (χ4n) is 3.02. The Balaban J connectivity index is 1.96. The second kappa shape index (κ2) is 4.75. The van der Waals surface area contributed by atoms with Crippen molar-refractivity contribution in [1.82, 2.24) is 0 Å². The summed E-state index contributed by atoms with van der Waals surface area (Å²) in [5, 5.41) is 5.19. The molecule has 0 heteroatoms. The fraction of sp³-hybridized carbons (Fsp3) is 0.0476. The molecule has 0 saturated carbocycles. The van der Waals surface area contributed by atoms with Crippen molar-refractivity contribution in [3.05, 3.63) is 84.4 Å². The minimum absolute atomic E-state index is 1.29. The van der Waals surface area contributed by atoms with E-state index in [4.69, 9.17) is 0 Å². The van der Waals surface area contributed by atoms with E-state index in [1.165, 1.54) is 38.2 Å². The van der Waals surface area contributed by atoms with Crippen molar-refractivity contribution < 1.29 is 0 Å². The van der Waals surface area contributed by atoms with Crippen LogP contribution in [0.2, 0.25) is 0 Å². The van der Waals surface area contributed by atoms with Gasteiger partial charge in [-0.25, -0.2) is 0 Å². The largest absolute Gasteiger partial charge is 0.0616 e. The van der Waals surface area contributed by atoms with Gasteiger partial charge in [-0.05, 0) is 57.3 Å². The van der Waals surface area contributed by atoms with Gasteiger partial charge in [0.15, 0.2) is 0 Å². The Bertz CT molecular complexity index is 948. The predicted octanol–water partition coefficient (Wildman–Crippen LogP) is 5.97. The second-order valence-electron chi connectivity index (χ2n) is 5.58. The number of rotatable bonds is 1. The van der Waals surface area contributed by atoms with E-state index in [0.717, 1.165) is 0 Å². The van der Waals surface area contributed by atoms with Crippen LogP contribution in [0.3, 0.4) is 0 Å². The lowest BCUT2D eigenvalue weighted by Crippen LogP contribution is -1.85. The van der Waals surface area contributed by atoms with Crippen molar-refractivity contribution in [3.8, 4) is 11.1 Å². The van der Waals surface area contributed by atoms with Gasteiger partial charge in [-0.3, -0.25) is 0 Å². The zero-order valence-corrected chi connectivity index (χ0v) is 12.0. The summed E-state index contributed by atoms with van der Waals surface area (Å²) >= 11 is 0. The Hall–Kier alpha value is -2.60. The molecule has 0 aliphatic rings. The molecular formula is C21H16. The lowest BCUT2D eigenvalue weighted by molar-refractivity contribution is 1.49. The monoisotopic (exact) mass is 268 g/mol. The predicted molar refractivity (Wildman–Crippen MR) is 91.6 cm³/mol. The van der Waals surface area contributed by atoms with Crippen LogP contribution in [0.1, 0.15) is 5.56 Å². The van der Waals surface area contributed by atoms with E-state index in [-0.39, 0.29) is 0 Å². The quantitative estimate of drug-likeness (QED) is 0.399. The molecule has 100 valence electrons. The van der Waals surface area contributed by atoms with Gasteiger partial charge in [0.05, 0.1) is 0 Å². The first-order valence-electron chi connectivity index (χ1n) is 7.30. The highest BCUT2D eigenvalue weighted by Gasteiger charge is 2.05. The summed E-state index contributed by atoms with van der Waals surface area (Å²) in [5.41, 5.74) is 3.93. The van der Waals surface area contributed by atoms with Gasteiger partial charge in [0.1, 0.15) is 0 Å². The van der Waals surface area contributed by atoms with Gasteiger partial charge < -0.3 is 0 Å². The molecule has 0 unspecified atom stereocenters. The van der Waals surface area contributed by atoms with Crippen molar-refractivity contribution in [3.63, 3.8) is 0 Å². The second-order valence-corrected chi connectivity index (χ2v) is 5.58. The van der Waals surface area contributed by atoms with Gasteiger partial charge in [0.25, 0.3) is 0 Å². The van der Waals surface area contributed by atoms with Gasteiger partial charge in [-0.15, -0.1) is 0 Å². The molecule has 0 amide bonds. The molecule has 0 fully saturated rings. The van der Waals surface area contributed by atoms with Crippen LogP contribution in [0.4, 0.5) is 0 Å². The van der Waals surface area contributed by atoms with Gasteiger partial charge in [0, 0.05) is 0 Å². The Morgan fingerprint density at radius 1 is 0.524 bits per heavy atom. The third-order valence-corrected chi connectivity index (χ3v) is 4.15. The van der Waals surface area contributed by atoms with Crippen LogP contribution in [0.25, 0.3) is 32.7 Å². The first-order valence-corrected chi connectivity index (χ1v) is 7.30. The van der Waals surface area contributed by atoms with Gasteiger partial charge >= 0.3 is 0 Å². The molecule has 0 bridgehead atoms. The molecule has 4 aromatic carbocycles. The molecule has 0 aromatic heterocycles. The molecule has 0 N–H and O–H groups in total. The average Bonchev–Trinajstić information content (AvgIpc) is 2.54. The average molecular weight is 268 g/mol. The molecule has 21 heavy (non-hydrogen) atoms. The van der Waals surface area contributed by atoms with E-state index in [9.17, 15) is 0 Å². The lowest BCUT2D eigenvalue weighted by Gasteiger charge is -2.10. The third-order valence-electron chi connectivity index (χ3n) is 4.15. The number of aryl methyl sites for hydroxylation is 1. The Labute approximate surface area is 124 Å². The minimum Gasteiger partial charge on any atom is -0.0616 e. The third kappa shape index (κ3) is 2.09. The molecule has 0 saturated heterocycles. The highest BCUT2D eigenvalue weighted by molar-refractivity contribution is 5.92. The van der Waals surface area contributed by atoms with Crippen LogP contribution in [-0.2, 0) is 0 Å². The number of hydrogen-bond acceptors (Lipinski definition) is 0. The van der Waals surface area contributed by atoms with Crippen LogP contribution in [0.5, 0.6) is 0 Å². The Kier molecular flexibility index (Phi) is 2.75. The SMILES string of the molecule is Cc1cc2ccccc2cc1-c1ccc2ccccc2c1. The molecule has 4 rings (SSSR count). The molecule has 4 aromatic rings. The van der Waals surface area contributed by atoms with Gasteiger partial charge in [-0.2, -0.15) is 0 Å². The van der Waals surface area contributed by atoms with Crippen molar-refractivity contribution in [2.24, 2.45) is 0 Å². The van der Waals surface area contributed by atoms with Crippen molar-refractivity contribution in [2.75, 3.05) is 0 Å². The van der Waals surface area contributed by atoms with Gasteiger partial charge in [-0.1, -0.05) is 66.7 Å². The molecule has 0 radical (unpaired) electrons. The molecular weight excluding hydrogens is 252 g/mol. The summed E-state index contributed by atoms with van der Waals surface area (Å²) < 4.78 is 0. The summed E-state index contributed by atoms with van der Waals surface area (Å²) in [6.07, 6.45) is 0. The molecule has 0 spiro atoms. The summed E-state index contributed by atoms with van der Waals surface area (Å²) in [4.78, 5) is 0. The maximum Gasteiger partial charge on any atom is -0.0148 e. The van der Waals surface area contributed by atoms with E-state index in [2.05, 4.69) is 85.8 Å². The van der Waals surface area contributed by atoms with Crippen molar-refractivity contribution in [1.29, 1.82) is 0 Å². The molecule has 0 nitrogen and oxygen atoms in total. The highest BCUT2D eigenvalue weighted by Crippen LogP contribution is 2.30. The van der Waals surface area contributed by atoms with E-state index < -0.39 is 0 Å². The topological polar surface area (TPSA) is 0 Å². The number of fused-ring (bicyclic) bond motifs is 2. The van der Waals surface area contributed by atoms with E-state index in [0.29, 0.717) is 0 Å². The summed E-state index contributed by atoms with van der Waals surface area (Å²) in [5.74, 6) is 0. The van der Waals surface area contributed by atoms with E-state index in [1.807, 2.05) is 0 Å². The van der Waals surface area contributed by atoms with Crippen LogP contribution in [0, 0.1) is 6.92 Å². The maximum absolute atomic E-state index is 2.30. The first kappa shape index (κ1) is 12.2. The zero-order valence-electron chi connectivity index (χ0n) is 12.0. The minimum atomic E-state index is 1.29.